The van der Waals surface area contributed by atoms with Crippen LogP contribution in [0.3, 0.4) is 0 Å². The van der Waals surface area contributed by atoms with Crippen LogP contribution < -0.4 is 0 Å². The summed E-state index contributed by atoms with van der Waals surface area (Å²) in [5.41, 5.74) is -3.20. The van der Waals surface area contributed by atoms with Crippen molar-refractivity contribution >= 4 is 17.5 Å². The minimum Gasteiger partial charge on any atom is -0.507 e. The molecule has 11 heteroatoms. The Morgan fingerprint density at radius 3 is 2.26 bits per heavy atom. The van der Waals surface area contributed by atoms with Crippen molar-refractivity contribution in [1.29, 1.82) is 0 Å². The van der Waals surface area contributed by atoms with Gasteiger partial charge in [0.15, 0.2) is 23.1 Å². The number of ketones is 2. The van der Waals surface area contributed by atoms with E-state index in [9.17, 15) is 45.0 Å². The highest BCUT2D eigenvalue weighted by Gasteiger charge is 2.43. The third-order valence-corrected chi connectivity index (χ3v) is 6.37. The molecule has 0 spiro atoms. The van der Waals surface area contributed by atoms with Gasteiger partial charge in [-0.25, -0.2) is 4.79 Å². The lowest BCUT2D eigenvalue weighted by atomic mass is 9.78. The third-order valence-electron chi connectivity index (χ3n) is 6.37. The maximum atomic E-state index is 13.4. The van der Waals surface area contributed by atoms with E-state index in [0.29, 0.717) is 6.42 Å². The van der Waals surface area contributed by atoms with Crippen LogP contribution in [0.25, 0.3) is 0 Å². The minimum atomic E-state index is -1.53. The average Bonchev–Trinajstić information content (AvgIpc) is 2.79. The first kappa shape index (κ1) is 23.5. The first-order valence-electron chi connectivity index (χ1n) is 10.3. The van der Waals surface area contributed by atoms with E-state index in [2.05, 4.69) is 0 Å². The second-order valence-corrected chi connectivity index (χ2v) is 8.25. The minimum absolute atomic E-state index is 0.0983. The first-order chi connectivity index (χ1) is 16.0. The molecule has 34 heavy (non-hydrogen) atoms. The molecule has 2 aliphatic rings. The Labute approximate surface area is 192 Å². The van der Waals surface area contributed by atoms with Gasteiger partial charge >= 0.3 is 5.97 Å². The number of phenolic OH excluding ortho intramolecular Hbond substituents is 3. The van der Waals surface area contributed by atoms with Gasteiger partial charge in [0.25, 0.3) is 0 Å². The first-order valence-corrected chi connectivity index (χ1v) is 10.3. The number of hydrogen-bond acceptors (Lipinski definition) is 10. The van der Waals surface area contributed by atoms with Gasteiger partial charge < -0.3 is 40.1 Å². The molecule has 2 aromatic carbocycles. The van der Waals surface area contributed by atoms with Gasteiger partial charge in [0, 0.05) is 31.1 Å². The zero-order valence-electron chi connectivity index (χ0n) is 18.2. The fourth-order valence-electron chi connectivity index (χ4n) is 4.75. The molecule has 0 aromatic heterocycles. The lowest BCUT2D eigenvalue weighted by molar-refractivity contribution is -0.123. The SMILES string of the molecule is CO[C@@H]1CC(c2c(O)c(O)c3c(c2O)C(=O)c2c(cc(O)c(C(=O)O)c2C)C3=O)O[C@H](CO)C1. The molecule has 1 heterocycles. The van der Waals surface area contributed by atoms with Crippen LogP contribution >= 0.6 is 0 Å². The molecule has 1 unspecified atom stereocenters. The Morgan fingerprint density at radius 1 is 1.03 bits per heavy atom. The van der Waals surface area contributed by atoms with Gasteiger partial charge in [-0.05, 0) is 18.6 Å². The zero-order valence-corrected chi connectivity index (χ0v) is 18.2. The van der Waals surface area contributed by atoms with E-state index in [1.807, 2.05) is 0 Å². The highest BCUT2D eigenvalue weighted by atomic mass is 16.5. The van der Waals surface area contributed by atoms with Gasteiger partial charge in [-0.3, -0.25) is 9.59 Å². The lowest BCUT2D eigenvalue weighted by Gasteiger charge is -2.35. The number of fused-ring (bicyclic) bond motifs is 2. The molecule has 0 radical (unpaired) electrons. The summed E-state index contributed by atoms with van der Waals surface area (Å²) in [5, 5.41) is 61.5. The summed E-state index contributed by atoms with van der Waals surface area (Å²) < 4.78 is 11.0. The predicted octanol–water partition coefficient (Wildman–Crippen LogP) is 1.52. The highest BCUT2D eigenvalue weighted by Crippen LogP contribution is 2.52. The molecule has 6 N–H and O–H groups in total. The van der Waals surface area contributed by atoms with Crippen molar-refractivity contribution in [1.82, 2.24) is 0 Å². The number of aromatic carboxylic acids is 1. The molecular weight excluding hydrogens is 452 g/mol. The van der Waals surface area contributed by atoms with Crippen LogP contribution in [-0.2, 0) is 9.47 Å². The van der Waals surface area contributed by atoms with Gasteiger partial charge in [0.2, 0.25) is 0 Å². The maximum Gasteiger partial charge on any atom is 0.339 e. The van der Waals surface area contributed by atoms with E-state index in [1.54, 1.807) is 0 Å². The summed E-state index contributed by atoms with van der Waals surface area (Å²) in [6.07, 6.45) is -1.84. The summed E-state index contributed by atoms with van der Waals surface area (Å²) in [5.74, 6) is -6.94. The highest BCUT2D eigenvalue weighted by molar-refractivity contribution is 6.31. The van der Waals surface area contributed by atoms with Gasteiger partial charge in [-0.1, -0.05) is 0 Å². The summed E-state index contributed by atoms with van der Waals surface area (Å²) in [7, 11) is 1.43. The molecule has 11 nitrogen and oxygen atoms in total. The number of aliphatic hydroxyl groups excluding tert-OH is 1. The van der Waals surface area contributed by atoms with Crippen LogP contribution in [0, 0.1) is 6.92 Å². The summed E-state index contributed by atoms with van der Waals surface area (Å²) in [6.45, 7) is 0.843. The number of aromatic hydroxyl groups is 4. The van der Waals surface area contributed by atoms with Crippen molar-refractivity contribution < 1.29 is 54.5 Å². The van der Waals surface area contributed by atoms with Crippen LogP contribution in [0.5, 0.6) is 23.0 Å². The largest absolute Gasteiger partial charge is 0.507 e. The van der Waals surface area contributed by atoms with Crippen LogP contribution in [0.15, 0.2) is 6.07 Å². The standard InChI is InChI=1S/C23H22O11/c1-7-13-10(5-11(25)14(7)23(31)32)18(26)16-17(19(13)27)20(28)15(21(29)22(16)30)12-4-8(33-2)3-9(6-24)34-12/h5,8-9,12,24-25,28-30H,3-4,6H2,1-2H3,(H,31,32)/t8-,9-,12?/m0/s1. The Kier molecular flexibility index (Phi) is 5.72. The van der Waals surface area contributed by atoms with Gasteiger partial charge in [0.05, 0.1) is 41.6 Å². The number of ether oxygens (including phenoxy) is 2. The number of rotatable bonds is 4. The number of carboxylic acids is 1. The van der Waals surface area contributed by atoms with Gasteiger partial charge in [-0.2, -0.15) is 0 Å². The number of benzene rings is 2. The number of methoxy groups -OCH3 is 1. The van der Waals surface area contributed by atoms with Crippen molar-refractivity contribution in [2.24, 2.45) is 0 Å². The molecule has 0 amide bonds. The molecule has 0 saturated carbocycles. The Hall–Kier alpha value is -3.67. The Balaban J connectivity index is 1.96. The number of aliphatic hydroxyl groups is 1. The van der Waals surface area contributed by atoms with Crippen LogP contribution in [0.2, 0.25) is 0 Å². The normalized spacial score (nSPS) is 21.8. The second-order valence-electron chi connectivity index (χ2n) is 8.25. The fourth-order valence-corrected chi connectivity index (χ4v) is 4.75. The van der Waals surface area contributed by atoms with Crippen molar-refractivity contribution in [2.75, 3.05) is 13.7 Å². The molecule has 180 valence electrons. The van der Waals surface area contributed by atoms with Gasteiger partial charge in [-0.15, -0.1) is 0 Å². The number of hydrogen-bond donors (Lipinski definition) is 6. The number of carboxylic acid groups (broad SMARTS) is 1. The van der Waals surface area contributed by atoms with Crippen molar-refractivity contribution in [3.8, 4) is 23.0 Å². The molecule has 2 aromatic rings. The smallest absolute Gasteiger partial charge is 0.339 e. The molecule has 4 rings (SSSR count). The molecule has 3 atom stereocenters. The molecule has 1 aliphatic carbocycles. The second kappa shape index (κ2) is 8.28. The number of carbonyl (C=O) groups is 3. The Morgan fingerprint density at radius 2 is 1.68 bits per heavy atom. The summed E-state index contributed by atoms with van der Waals surface area (Å²) in [6, 6.07) is 0.801. The van der Waals surface area contributed by atoms with Crippen LogP contribution in [0.4, 0.5) is 0 Å². The molecule has 1 saturated heterocycles. The topological polar surface area (TPSA) is 191 Å². The third kappa shape index (κ3) is 3.28. The molecule has 1 fully saturated rings. The van der Waals surface area contributed by atoms with Crippen LogP contribution in [0.1, 0.15) is 72.3 Å². The molecule has 0 bridgehead atoms. The van der Waals surface area contributed by atoms with E-state index in [1.165, 1.54) is 14.0 Å². The van der Waals surface area contributed by atoms with Crippen molar-refractivity contribution in [3.05, 3.63) is 45.0 Å². The lowest BCUT2D eigenvalue weighted by Crippen LogP contribution is -2.35. The van der Waals surface area contributed by atoms with E-state index in [-0.39, 0.29) is 35.3 Å². The monoisotopic (exact) mass is 474 g/mol. The van der Waals surface area contributed by atoms with E-state index < -0.39 is 75.5 Å². The zero-order chi connectivity index (χ0) is 25.1. The summed E-state index contributed by atoms with van der Waals surface area (Å²) >= 11 is 0. The fraction of sp³-hybridized carbons (Fsp3) is 0.348. The number of carbonyl (C=O) groups excluding carboxylic acids is 2. The Bertz CT molecular complexity index is 1230. The van der Waals surface area contributed by atoms with Gasteiger partial charge in [0.1, 0.15) is 17.1 Å². The van der Waals surface area contributed by atoms with Crippen LogP contribution in [-0.4, -0.2) is 74.1 Å². The summed E-state index contributed by atoms with van der Waals surface area (Å²) in [4.78, 5) is 38.2. The van der Waals surface area contributed by atoms with E-state index >= 15 is 0 Å². The van der Waals surface area contributed by atoms with E-state index in [0.717, 1.165) is 6.07 Å². The predicted molar refractivity (Wildman–Crippen MR) is 113 cm³/mol. The average molecular weight is 474 g/mol. The number of phenols is 4. The van der Waals surface area contributed by atoms with Crippen molar-refractivity contribution in [3.63, 3.8) is 0 Å². The van der Waals surface area contributed by atoms with Crippen molar-refractivity contribution in [2.45, 2.75) is 38.1 Å². The molecule has 1 aliphatic heterocycles. The molecular formula is C23H22O11. The van der Waals surface area contributed by atoms with E-state index in [4.69, 9.17) is 9.47 Å². The maximum absolute atomic E-state index is 13.4. The quantitative estimate of drug-likeness (QED) is 0.237.